The van der Waals surface area contributed by atoms with E-state index in [-0.39, 0.29) is 0 Å². The lowest BCUT2D eigenvalue weighted by Crippen LogP contribution is -2.29. The van der Waals surface area contributed by atoms with Crippen molar-refractivity contribution >= 4 is 31.9 Å². The zero-order valence-electron chi connectivity index (χ0n) is 13.1. The molecule has 2 aliphatic carbocycles. The summed E-state index contributed by atoms with van der Waals surface area (Å²) < 4.78 is 0. The van der Waals surface area contributed by atoms with Gasteiger partial charge >= 0.3 is 0 Å². The average Bonchev–Trinajstić information content (AvgIpc) is 2.50. The Labute approximate surface area is 143 Å². The van der Waals surface area contributed by atoms with Crippen molar-refractivity contribution in [1.29, 1.82) is 0 Å². The molecule has 0 radical (unpaired) electrons. The van der Waals surface area contributed by atoms with Gasteiger partial charge in [0.05, 0.1) is 0 Å². The molecule has 0 N–H and O–H groups in total. The number of hydrogen-bond donors (Lipinski definition) is 0. The lowest BCUT2D eigenvalue weighted by atomic mass is 9.67. The minimum atomic E-state index is 0.858. The van der Waals surface area contributed by atoms with Gasteiger partial charge in [-0.05, 0) is 68.1 Å². The van der Waals surface area contributed by atoms with E-state index in [1.807, 2.05) is 0 Å². The first-order valence-electron chi connectivity index (χ1n) is 8.90. The summed E-state index contributed by atoms with van der Waals surface area (Å²) in [4.78, 5) is 0. The van der Waals surface area contributed by atoms with Crippen LogP contribution >= 0.6 is 31.9 Å². The molecule has 0 saturated heterocycles. The first-order chi connectivity index (χ1) is 9.78. The van der Waals surface area contributed by atoms with Crippen LogP contribution in [-0.2, 0) is 0 Å². The first-order valence-corrected chi connectivity index (χ1v) is 11.1. The molecule has 2 rings (SSSR count). The van der Waals surface area contributed by atoms with Crippen molar-refractivity contribution in [1.82, 2.24) is 0 Å². The third-order valence-corrected chi connectivity index (χ3v) is 7.80. The maximum Gasteiger partial charge on any atom is 0.00703 e. The predicted octanol–water partition coefficient (Wildman–Crippen LogP) is 6.81. The van der Waals surface area contributed by atoms with Crippen LogP contribution in [-0.4, -0.2) is 10.7 Å². The van der Waals surface area contributed by atoms with Gasteiger partial charge in [-0.25, -0.2) is 0 Å². The van der Waals surface area contributed by atoms with Crippen LogP contribution in [0.2, 0.25) is 0 Å². The maximum absolute atomic E-state index is 3.69. The van der Waals surface area contributed by atoms with E-state index >= 15 is 0 Å². The fourth-order valence-electron chi connectivity index (χ4n) is 4.74. The molecule has 0 bridgehead atoms. The van der Waals surface area contributed by atoms with E-state index < -0.39 is 0 Å². The molecule has 0 nitrogen and oxygen atoms in total. The monoisotopic (exact) mass is 406 g/mol. The Hall–Kier alpha value is 0.960. The van der Waals surface area contributed by atoms with Gasteiger partial charge in [-0.2, -0.15) is 0 Å². The molecule has 0 aromatic carbocycles. The Morgan fingerprint density at radius 1 is 0.800 bits per heavy atom. The van der Waals surface area contributed by atoms with Crippen LogP contribution in [0.15, 0.2) is 0 Å². The van der Waals surface area contributed by atoms with Gasteiger partial charge < -0.3 is 0 Å². The Balaban J connectivity index is 1.72. The number of hydrogen-bond acceptors (Lipinski definition) is 0. The topological polar surface area (TPSA) is 0 Å². The van der Waals surface area contributed by atoms with Crippen molar-refractivity contribution in [3.8, 4) is 0 Å². The summed E-state index contributed by atoms with van der Waals surface area (Å²) in [5, 5.41) is 2.35. The summed E-state index contributed by atoms with van der Waals surface area (Å²) in [5.74, 6) is 5.05. The predicted molar refractivity (Wildman–Crippen MR) is 96.9 cm³/mol. The van der Waals surface area contributed by atoms with E-state index in [0.717, 1.165) is 29.6 Å². The number of alkyl halides is 2. The van der Waals surface area contributed by atoms with E-state index in [1.54, 1.807) is 12.8 Å². The molecule has 0 aliphatic heterocycles. The van der Waals surface area contributed by atoms with Crippen molar-refractivity contribution < 1.29 is 0 Å². The number of rotatable bonds is 6. The SMILES string of the molecule is CCCC1CCC(C2CCC(C(CBr)CBr)CC2)CC1. The minimum Gasteiger partial charge on any atom is -0.0925 e. The Morgan fingerprint density at radius 3 is 1.75 bits per heavy atom. The summed E-state index contributed by atoms with van der Waals surface area (Å²) in [6, 6.07) is 0. The van der Waals surface area contributed by atoms with Crippen LogP contribution < -0.4 is 0 Å². The molecule has 0 spiro atoms. The number of halogens is 2. The molecule has 2 aliphatic rings. The van der Waals surface area contributed by atoms with Gasteiger partial charge in [0.2, 0.25) is 0 Å². The third-order valence-electron chi connectivity index (χ3n) is 6.13. The normalized spacial score (nSPS) is 35.4. The second-order valence-corrected chi connectivity index (χ2v) is 8.61. The molecule has 118 valence electrons. The van der Waals surface area contributed by atoms with Gasteiger partial charge in [0.25, 0.3) is 0 Å². The highest BCUT2D eigenvalue weighted by atomic mass is 79.9. The second kappa shape index (κ2) is 9.18. The third kappa shape index (κ3) is 4.73. The largest absolute Gasteiger partial charge is 0.0925 e. The first kappa shape index (κ1) is 17.3. The van der Waals surface area contributed by atoms with Crippen LogP contribution in [0.4, 0.5) is 0 Å². The summed E-state index contributed by atoms with van der Waals surface area (Å²) in [6.07, 6.45) is 15.0. The van der Waals surface area contributed by atoms with Gasteiger partial charge in [0.15, 0.2) is 0 Å². The molecule has 2 fully saturated rings. The molecule has 0 atom stereocenters. The molecule has 2 heteroatoms. The average molecular weight is 408 g/mol. The second-order valence-electron chi connectivity index (χ2n) is 7.31. The summed E-state index contributed by atoms with van der Waals surface area (Å²) >= 11 is 7.39. The van der Waals surface area contributed by atoms with E-state index in [2.05, 4.69) is 38.8 Å². The standard InChI is InChI=1S/C18H32Br2/c1-2-3-14-4-6-15(7-5-14)16-8-10-17(11-9-16)18(12-19)13-20/h14-18H,2-13H2,1H3. The zero-order chi connectivity index (χ0) is 14.4. The molecular formula is C18H32Br2. The van der Waals surface area contributed by atoms with Crippen molar-refractivity contribution in [2.24, 2.45) is 29.6 Å². The molecule has 0 aromatic rings. The molecular weight excluding hydrogens is 376 g/mol. The Bertz CT molecular complexity index is 246. The maximum atomic E-state index is 3.69. The Kier molecular flexibility index (Phi) is 7.95. The molecule has 0 aromatic heterocycles. The van der Waals surface area contributed by atoms with E-state index in [4.69, 9.17) is 0 Å². The summed E-state index contributed by atoms with van der Waals surface area (Å²) in [6.45, 7) is 2.34. The molecule has 0 unspecified atom stereocenters. The molecule has 20 heavy (non-hydrogen) atoms. The van der Waals surface area contributed by atoms with Crippen LogP contribution in [0.3, 0.4) is 0 Å². The van der Waals surface area contributed by atoms with Gasteiger partial charge in [-0.1, -0.05) is 64.5 Å². The molecule has 0 amide bonds. The van der Waals surface area contributed by atoms with Gasteiger partial charge in [-0.15, -0.1) is 0 Å². The van der Waals surface area contributed by atoms with Gasteiger partial charge in [-0.3, -0.25) is 0 Å². The smallest absolute Gasteiger partial charge is 0.00703 e. The highest BCUT2D eigenvalue weighted by molar-refractivity contribution is 9.09. The van der Waals surface area contributed by atoms with Crippen molar-refractivity contribution in [2.75, 3.05) is 10.7 Å². The zero-order valence-corrected chi connectivity index (χ0v) is 16.3. The van der Waals surface area contributed by atoms with Crippen LogP contribution in [0, 0.1) is 29.6 Å². The Morgan fingerprint density at radius 2 is 1.30 bits per heavy atom. The highest BCUT2D eigenvalue weighted by Gasteiger charge is 2.32. The minimum absolute atomic E-state index is 0.858. The molecule has 0 heterocycles. The summed E-state index contributed by atoms with van der Waals surface area (Å²) in [5.41, 5.74) is 0. The van der Waals surface area contributed by atoms with Crippen LogP contribution in [0.25, 0.3) is 0 Å². The lowest BCUT2D eigenvalue weighted by Gasteiger charge is -2.39. The van der Waals surface area contributed by atoms with Gasteiger partial charge in [0, 0.05) is 10.7 Å². The van der Waals surface area contributed by atoms with Gasteiger partial charge in [0.1, 0.15) is 0 Å². The van der Waals surface area contributed by atoms with Crippen LogP contribution in [0.5, 0.6) is 0 Å². The van der Waals surface area contributed by atoms with Crippen molar-refractivity contribution in [3.63, 3.8) is 0 Å². The quantitative estimate of drug-likeness (QED) is 0.424. The van der Waals surface area contributed by atoms with Crippen LogP contribution in [0.1, 0.15) is 71.1 Å². The molecule has 2 saturated carbocycles. The van der Waals surface area contributed by atoms with E-state index in [9.17, 15) is 0 Å². The van der Waals surface area contributed by atoms with Crippen molar-refractivity contribution in [2.45, 2.75) is 71.1 Å². The van der Waals surface area contributed by atoms with Crippen molar-refractivity contribution in [3.05, 3.63) is 0 Å². The highest BCUT2D eigenvalue weighted by Crippen LogP contribution is 2.43. The fourth-order valence-corrected chi connectivity index (χ4v) is 6.87. The lowest BCUT2D eigenvalue weighted by molar-refractivity contribution is 0.131. The summed E-state index contributed by atoms with van der Waals surface area (Å²) in [7, 11) is 0. The van der Waals surface area contributed by atoms with E-state index in [1.165, 1.54) is 62.0 Å². The fraction of sp³-hybridized carbons (Fsp3) is 1.00. The van der Waals surface area contributed by atoms with E-state index in [0.29, 0.717) is 0 Å².